The quantitative estimate of drug-likeness (QED) is 0.0334. The molecule has 15 N–H and O–H groups in total. The van der Waals surface area contributed by atoms with Gasteiger partial charge in [0, 0.05) is 68.4 Å². The first kappa shape index (κ1) is 68.7. The van der Waals surface area contributed by atoms with E-state index in [1.54, 1.807) is 65.0 Å². The summed E-state index contributed by atoms with van der Waals surface area (Å²) in [4.78, 5) is 54.1. The van der Waals surface area contributed by atoms with Gasteiger partial charge in [-0.2, -0.15) is 0 Å². The maximum Gasteiger partial charge on any atom is 0.334 e. The van der Waals surface area contributed by atoms with Gasteiger partial charge in [0.1, 0.15) is 24.7 Å². The Labute approximate surface area is 443 Å². The number of hydrogen-bond acceptors (Lipinski definition) is 17. The fourth-order valence-electron chi connectivity index (χ4n) is 8.68. The largest absolute Gasteiger partial charge is 0.481 e. The number of aliphatic carboxylic acids is 1. The van der Waals surface area contributed by atoms with Crippen LogP contribution in [0.2, 0.25) is 0 Å². The molecule has 0 saturated heterocycles. The molecule has 430 valence electrons. The second-order valence-corrected chi connectivity index (χ2v) is 20.9. The molecule has 1 aliphatic rings. The van der Waals surface area contributed by atoms with E-state index in [-0.39, 0.29) is 49.9 Å². The van der Waals surface area contributed by atoms with E-state index in [1.165, 1.54) is 0 Å². The maximum absolute atomic E-state index is 13.6. The lowest BCUT2D eigenvalue weighted by molar-refractivity contribution is -0.157. The fraction of sp³-hybridized carbons (Fsp3) is 0.727. The number of guanidine groups is 1. The molecule has 0 aliphatic carbocycles. The zero-order valence-corrected chi connectivity index (χ0v) is 45.2. The molecule has 17 atom stereocenters. The minimum absolute atomic E-state index is 0.0575. The topological polar surface area (TPSA) is 374 Å². The molecule has 1 heterocycles. The van der Waals surface area contributed by atoms with Gasteiger partial charge in [-0.1, -0.05) is 83.2 Å². The highest BCUT2D eigenvalue weighted by atomic mass is 16.6. The van der Waals surface area contributed by atoms with E-state index in [4.69, 9.17) is 26.0 Å². The van der Waals surface area contributed by atoms with Gasteiger partial charge in [0.25, 0.3) is 0 Å². The third kappa shape index (κ3) is 29.1. The van der Waals surface area contributed by atoms with E-state index in [9.17, 15) is 70.2 Å². The Kier molecular flexibility index (Phi) is 33.5. The number of Topliss-reactive ketones (excluding diaryl/α,β-unsaturated/α-hetero) is 1. The van der Waals surface area contributed by atoms with Crippen LogP contribution in [0.3, 0.4) is 0 Å². The minimum atomic E-state index is -2.05. The number of cyclic esters (lactones) is 1. The summed E-state index contributed by atoms with van der Waals surface area (Å²) < 4.78 is 11.4. The molecule has 0 aromatic heterocycles. The molecule has 20 heteroatoms. The summed E-state index contributed by atoms with van der Waals surface area (Å²) in [5.41, 5.74) is 11.5. The summed E-state index contributed by atoms with van der Waals surface area (Å²) in [6.07, 6.45) is -0.958. The number of carbonyl (C=O) groups is 4. The number of nitrogens with two attached hydrogens (primary N) is 2. The molecule has 17 unspecified atom stereocenters. The lowest BCUT2D eigenvalue weighted by Gasteiger charge is -2.28. The maximum atomic E-state index is 13.6. The number of esters is 2. The van der Waals surface area contributed by atoms with E-state index in [1.807, 2.05) is 19.9 Å². The van der Waals surface area contributed by atoms with Crippen molar-refractivity contribution in [2.24, 2.45) is 46.0 Å². The van der Waals surface area contributed by atoms with Crippen LogP contribution in [-0.2, 0) is 28.7 Å². The average Bonchev–Trinajstić information content (AvgIpc) is 3.32. The van der Waals surface area contributed by atoms with Crippen LogP contribution in [0.5, 0.6) is 0 Å². The predicted molar refractivity (Wildman–Crippen MR) is 283 cm³/mol. The van der Waals surface area contributed by atoms with Crippen LogP contribution >= 0.6 is 0 Å². The van der Waals surface area contributed by atoms with E-state index in [0.717, 1.165) is 32.1 Å². The average molecular weight is 1070 g/mol. The molecule has 0 bridgehead atoms. The molecular weight excluding hydrogens is 975 g/mol. The summed E-state index contributed by atoms with van der Waals surface area (Å²) in [5.74, 6) is -6.28. The predicted octanol–water partition coefficient (Wildman–Crippen LogP) is 2.95. The SMILES string of the molecule is CC1=CC=CC(C)C(O)CC(O)C(C)C(O)CCC(C)C(O)CC(=O)C(O)C(O)CC(O)CC(OC(=O)CC(=O)O)CC(O)CC(O)CC(O)C(C)=CC=CC(C)C(C(C)CCCC=CCCCN=C(N)N)OC1=O. The van der Waals surface area contributed by atoms with Crippen LogP contribution in [0, 0.1) is 29.6 Å². The van der Waals surface area contributed by atoms with Crippen molar-refractivity contribution < 1.29 is 84.8 Å². The van der Waals surface area contributed by atoms with Gasteiger partial charge in [0.05, 0.1) is 54.9 Å². The van der Waals surface area contributed by atoms with E-state index < -0.39 is 147 Å². The number of ketones is 1. The van der Waals surface area contributed by atoms with Gasteiger partial charge in [-0.05, 0) is 82.6 Å². The number of ether oxygens (including phenoxy) is 2. The zero-order chi connectivity index (χ0) is 56.9. The van der Waals surface area contributed by atoms with Crippen molar-refractivity contribution in [1.82, 2.24) is 0 Å². The molecular formula is C55H93N3O17. The monoisotopic (exact) mass is 1070 g/mol. The number of hydrogen-bond donors (Lipinski definition) is 13. The molecule has 0 radical (unpaired) electrons. The van der Waals surface area contributed by atoms with E-state index >= 15 is 0 Å². The van der Waals surface area contributed by atoms with Crippen molar-refractivity contribution in [3.05, 3.63) is 59.8 Å². The Bertz CT molecular complexity index is 1880. The highest BCUT2D eigenvalue weighted by Crippen LogP contribution is 2.27. The number of aliphatic hydroxyl groups is 10. The minimum Gasteiger partial charge on any atom is -0.481 e. The second kappa shape index (κ2) is 36.6. The van der Waals surface area contributed by atoms with Crippen molar-refractivity contribution in [3.63, 3.8) is 0 Å². The van der Waals surface area contributed by atoms with Crippen molar-refractivity contribution in [1.29, 1.82) is 0 Å². The lowest BCUT2D eigenvalue weighted by Crippen LogP contribution is -2.40. The Morgan fingerprint density at radius 1 is 0.733 bits per heavy atom. The summed E-state index contributed by atoms with van der Waals surface area (Å²) in [5, 5.41) is 118. The molecule has 0 saturated carbocycles. The lowest BCUT2D eigenvalue weighted by atomic mass is 9.86. The molecule has 0 spiro atoms. The van der Waals surface area contributed by atoms with Gasteiger partial charge in [0.2, 0.25) is 0 Å². The van der Waals surface area contributed by atoms with Crippen molar-refractivity contribution in [3.8, 4) is 0 Å². The van der Waals surface area contributed by atoms with Gasteiger partial charge in [-0.25, -0.2) is 4.79 Å². The van der Waals surface area contributed by atoms with Crippen LogP contribution in [0.1, 0.15) is 145 Å². The Hall–Kier alpha value is -4.35. The Balaban J connectivity index is 3.47. The van der Waals surface area contributed by atoms with Crippen LogP contribution in [0.15, 0.2) is 64.7 Å². The zero-order valence-electron chi connectivity index (χ0n) is 45.2. The molecule has 0 aromatic rings. The molecule has 75 heavy (non-hydrogen) atoms. The Morgan fingerprint density at radius 3 is 1.95 bits per heavy atom. The van der Waals surface area contributed by atoms with Crippen molar-refractivity contribution >= 4 is 29.7 Å². The summed E-state index contributed by atoms with van der Waals surface area (Å²) in [6, 6.07) is 0. The highest BCUT2D eigenvalue weighted by molar-refractivity contribution is 5.90. The van der Waals surface area contributed by atoms with Gasteiger partial charge in [-0.3, -0.25) is 19.4 Å². The van der Waals surface area contributed by atoms with E-state index in [2.05, 4.69) is 17.1 Å². The number of allylic oxidation sites excluding steroid dienone is 6. The fourth-order valence-corrected chi connectivity index (χ4v) is 8.68. The first-order valence-electron chi connectivity index (χ1n) is 26.5. The number of unbranched alkanes of at least 4 members (excludes halogenated alkanes) is 2. The Morgan fingerprint density at radius 2 is 1.32 bits per heavy atom. The summed E-state index contributed by atoms with van der Waals surface area (Å²) in [6.45, 7) is 12.7. The van der Waals surface area contributed by atoms with Gasteiger partial charge >= 0.3 is 17.9 Å². The van der Waals surface area contributed by atoms with Crippen LogP contribution in [0.25, 0.3) is 0 Å². The summed E-state index contributed by atoms with van der Waals surface area (Å²) in [7, 11) is 0. The second-order valence-electron chi connectivity index (χ2n) is 20.9. The number of aliphatic imine (C=N–C) groups is 1. The van der Waals surface area contributed by atoms with Crippen molar-refractivity contribution in [2.75, 3.05) is 6.54 Å². The molecule has 0 amide bonds. The first-order valence-corrected chi connectivity index (χ1v) is 26.5. The van der Waals surface area contributed by atoms with Crippen LogP contribution in [0.4, 0.5) is 0 Å². The standard InChI is InChI=1S/C55H93N3O17/c1-32-17-14-19-36(5)53(35(4)16-12-10-8-9-11-13-23-58-55(56)57)75-54(73)37(6)20-15-18-33(2)45(64)29-47(66)38(7)43(62)22-21-34(3)46(65)30-49(68)52(72)48(67)28-41(61)26-42(74-51(71)31-50(69)70)25-39(59)24-40(60)27-44(32)63/h8-9,14-15,17-20,33-36,38-48,52-53,59-67,72H,10-13,16,21-31H2,1-7H3,(H,69,70)(H4,56,57,58). The normalized spacial score (nSPS) is 33.4. The van der Waals surface area contributed by atoms with Gasteiger partial charge in [-0.15, -0.1) is 0 Å². The van der Waals surface area contributed by atoms with E-state index in [0.29, 0.717) is 17.7 Å². The first-order chi connectivity index (χ1) is 35.1. The number of nitrogens with zero attached hydrogens (tertiary/aromatic N) is 1. The van der Waals surface area contributed by atoms with Crippen molar-refractivity contribution in [2.45, 2.75) is 218 Å². The summed E-state index contributed by atoms with van der Waals surface area (Å²) >= 11 is 0. The van der Waals surface area contributed by atoms with Gasteiger partial charge < -0.3 is 77.1 Å². The number of rotatable bonds is 12. The van der Waals surface area contributed by atoms with Crippen LogP contribution in [-0.4, -0.2) is 166 Å². The number of carboxylic acids is 1. The van der Waals surface area contributed by atoms with Crippen LogP contribution < -0.4 is 11.5 Å². The third-order valence-electron chi connectivity index (χ3n) is 13.9. The molecule has 1 rings (SSSR count). The highest BCUT2D eigenvalue weighted by Gasteiger charge is 2.33. The van der Waals surface area contributed by atoms with Gasteiger partial charge in [0.15, 0.2) is 11.7 Å². The molecule has 1 aliphatic heterocycles. The number of carbonyl (C=O) groups excluding carboxylic acids is 3. The third-order valence-corrected chi connectivity index (χ3v) is 13.9. The molecule has 0 fully saturated rings. The molecule has 0 aromatic carbocycles. The molecule has 20 nitrogen and oxygen atoms in total. The number of aliphatic hydroxyl groups excluding tert-OH is 10. The number of carboxylic acid groups (broad SMARTS) is 1. The smallest absolute Gasteiger partial charge is 0.334 e.